The van der Waals surface area contributed by atoms with Gasteiger partial charge in [-0.3, -0.25) is 0 Å². The third kappa shape index (κ3) is 2.28. The Kier molecular flexibility index (Phi) is 2.50. The molecule has 0 atom stereocenters. The van der Waals surface area contributed by atoms with Crippen molar-refractivity contribution in [3.63, 3.8) is 0 Å². The Morgan fingerprint density at radius 1 is 1.22 bits per heavy atom. The quantitative estimate of drug-likeness (QED) is 0.900. The van der Waals surface area contributed by atoms with Gasteiger partial charge in [0.05, 0.1) is 0 Å². The summed E-state index contributed by atoms with van der Waals surface area (Å²) in [5.74, 6) is 1.24. The van der Waals surface area contributed by atoms with Crippen molar-refractivity contribution < 1.29 is 13.2 Å². The molecule has 0 bridgehead atoms. The third-order valence-corrected chi connectivity index (χ3v) is 3.91. The predicted molar refractivity (Wildman–Crippen MR) is 59.9 cm³/mol. The number of hydrogen-bond acceptors (Lipinski definition) is 3. The smallest absolute Gasteiger partial charge is 0.368 e. The number of nitrogens with zero attached hydrogens (tertiary/aromatic N) is 2. The summed E-state index contributed by atoms with van der Waals surface area (Å²) < 4.78 is 36.9. The van der Waals surface area contributed by atoms with E-state index in [1.54, 1.807) is 0 Å². The molecule has 0 aromatic carbocycles. The molecule has 6 heteroatoms. The highest BCUT2D eigenvalue weighted by atomic mass is 19.4. The lowest BCUT2D eigenvalue weighted by Gasteiger charge is -2.15. The monoisotopic (exact) mass is 257 g/mol. The summed E-state index contributed by atoms with van der Waals surface area (Å²) >= 11 is 0. The number of halogens is 3. The zero-order valence-corrected chi connectivity index (χ0v) is 9.80. The summed E-state index contributed by atoms with van der Waals surface area (Å²) in [6.45, 7) is 0.803. The fourth-order valence-corrected chi connectivity index (χ4v) is 2.43. The summed E-state index contributed by atoms with van der Waals surface area (Å²) in [5.41, 5.74) is -0.555. The summed E-state index contributed by atoms with van der Waals surface area (Å²) in [7, 11) is 0. The Balaban J connectivity index is 1.60. The molecule has 0 amide bonds. The van der Waals surface area contributed by atoms with E-state index in [0.29, 0.717) is 11.2 Å². The molecule has 0 aliphatic heterocycles. The second kappa shape index (κ2) is 3.83. The van der Waals surface area contributed by atoms with Gasteiger partial charge in [-0.25, -0.2) is 0 Å². The first-order chi connectivity index (χ1) is 8.50. The molecule has 1 aromatic rings. The Morgan fingerprint density at radius 3 is 2.39 bits per heavy atom. The Morgan fingerprint density at radius 2 is 1.94 bits per heavy atom. The van der Waals surface area contributed by atoms with Gasteiger partial charge in [0.25, 0.3) is 0 Å². The van der Waals surface area contributed by atoms with E-state index < -0.39 is 11.9 Å². The van der Waals surface area contributed by atoms with E-state index >= 15 is 0 Å². The van der Waals surface area contributed by atoms with Gasteiger partial charge in [-0.15, -0.1) is 10.2 Å². The second-order valence-corrected chi connectivity index (χ2v) is 5.29. The van der Waals surface area contributed by atoms with Crippen molar-refractivity contribution in [2.75, 3.05) is 11.9 Å². The molecule has 0 radical (unpaired) electrons. The molecule has 1 N–H and O–H groups in total. The van der Waals surface area contributed by atoms with Crippen LogP contribution in [0.1, 0.15) is 31.4 Å². The molecule has 0 unspecified atom stereocenters. The van der Waals surface area contributed by atoms with Gasteiger partial charge in [0.1, 0.15) is 5.82 Å². The highest BCUT2D eigenvalue weighted by Gasteiger charge is 2.53. The summed E-state index contributed by atoms with van der Waals surface area (Å²) in [6, 6.07) is 2.31. The maximum atomic E-state index is 12.3. The molecule has 0 spiro atoms. The molecule has 3 rings (SSSR count). The minimum Gasteiger partial charge on any atom is -0.368 e. The lowest BCUT2D eigenvalue weighted by molar-refractivity contribution is -0.141. The fraction of sp³-hybridized carbons (Fsp3) is 0.667. The van der Waals surface area contributed by atoms with Crippen molar-refractivity contribution in [2.24, 2.45) is 11.3 Å². The molecule has 2 aliphatic rings. The highest BCUT2D eigenvalue weighted by Crippen LogP contribution is 2.61. The van der Waals surface area contributed by atoms with Gasteiger partial charge in [-0.2, -0.15) is 13.2 Å². The normalized spacial score (nSPS) is 21.7. The zero-order chi connectivity index (χ0) is 12.8. The van der Waals surface area contributed by atoms with Crippen LogP contribution in [0.15, 0.2) is 12.1 Å². The number of anilines is 1. The second-order valence-electron chi connectivity index (χ2n) is 5.29. The molecule has 98 valence electrons. The molecule has 18 heavy (non-hydrogen) atoms. The number of hydrogen-bond donors (Lipinski definition) is 1. The molecule has 2 saturated carbocycles. The molecule has 1 heterocycles. The van der Waals surface area contributed by atoms with Crippen LogP contribution in [0.3, 0.4) is 0 Å². The van der Waals surface area contributed by atoms with Crippen LogP contribution < -0.4 is 5.32 Å². The van der Waals surface area contributed by atoms with Gasteiger partial charge in [-0.1, -0.05) is 0 Å². The number of aromatic nitrogens is 2. The number of alkyl halides is 3. The van der Waals surface area contributed by atoms with Crippen LogP contribution in [0, 0.1) is 11.3 Å². The van der Waals surface area contributed by atoms with E-state index in [-0.39, 0.29) is 0 Å². The summed E-state index contributed by atoms with van der Waals surface area (Å²) in [6.07, 6.45) is 0.607. The maximum absolute atomic E-state index is 12.3. The van der Waals surface area contributed by atoms with Crippen molar-refractivity contribution in [3.05, 3.63) is 17.8 Å². The third-order valence-electron chi connectivity index (χ3n) is 3.91. The first-order valence-corrected chi connectivity index (χ1v) is 6.14. The van der Waals surface area contributed by atoms with Gasteiger partial charge >= 0.3 is 6.18 Å². The van der Waals surface area contributed by atoms with Gasteiger partial charge in [0.15, 0.2) is 5.69 Å². The van der Waals surface area contributed by atoms with Crippen molar-refractivity contribution in [3.8, 4) is 0 Å². The minimum atomic E-state index is -4.42. The molecule has 3 nitrogen and oxygen atoms in total. The van der Waals surface area contributed by atoms with Gasteiger partial charge in [0, 0.05) is 6.54 Å². The SMILES string of the molecule is FC(F)(F)c1ccc(NCC2(C3CC3)CC2)nn1. The molecule has 0 saturated heterocycles. The molecule has 2 aliphatic carbocycles. The van der Waals surface area contributed by atoms with Crippen LogP contribution in [0.2, 0.25) is 0 Å². The Bertz CT molecular complexity index is 433. The van der Waals surface area contributed by atoms with E-state index in [9.17, 15) is 13.2 Å². The van der Waals surface area contributed by atoms with Gasteiger partial charge in [-0.05, 0) is 49.1 Å². The summed E-state index contributed by atoms with van der Waals surface area (Å²) in [4.78, 5) is 0. The van der Waals surface area contributed by atoms with E-state index in [4.69, 9.17) is 0 Å². The lowest BCUT2D eigenvalue weighted by atomic mass is 10.0. The zero-order valence-electron chi connectivity index (χ0n) is 9.80. The maximum Gasteiger partial charge on any atom is 0.435 e. The molecular weight excluding hydrogens is 243 g/mol. The average molecular weight is 257 g/mol. The van der Waals surface area contributed by atoms with Crippen LogP contribution in [0.5, 0.6) is 0 Å². The van der Waals surface area contributed by atoms with Crippen LogP contribution in [-0.4, -0.2) is 16.7 Å². The van der Waals surface area contributed by atoms with Crippen LogP contribution in [-0.2, 0) is 6.18 Å². The van der Waals surface area contributed by atoms with Crippen molar-refractivity contribution >= 4 is 5.82 Å². The van der Waals surface area contributed by atoms with Crippen LogP contribution in [0.4, 0.5) is 19.0 Å². The molecular formula is C12H14F3N3. The summed E-state index contributed by atoms with van der Waals surface area (Å²) in [5, 5.41) is 9.88. The predicted octanol–water partition coefficient (Wildman–Crippen LogP) is 3.10. The van der Waals surface area contributed by atoms with E-state index in [2.05, 4.69) is 15.5 Å². The minimum absolute atomic E-state index is 0.393. The first-order valence-electron chi connectivity index (χ1n) is 6.14. The average Bonchev–Trinajstić information content (AvgIpc) is 3.17. The van der Waals surface area contributed by atoms with Crippen LogP contribution >= 0.6 is 0 Å². The van der Waals surface area contributed by atoms with Crippen molar-refractivity contribution in [1.82, 2.24) is 10.2 Å². The van der Waals surface area contributed by atoms with E-state index in [0.717, 1.165) is 18.5 Å². The molecule has 1 aromatic heterocycles. The number of rotatable bonds is 4. The fourth-order valence-electron chi connectivity index (χ4n) is 2.43. The highest BCUT2D eigenvalue weighted by molar-refractivity contribution is 5.34. The first kappa shape index (κ1) is 11.7. The Hall–Kier alpha value is -1.33. The molecule has 2 fully saturated rings. The van der Waals surface area contributed by atoms with Crippen molar-refractivity contribution in [2.45, 2.75) is 31.9 Å². The van der Waals surface area contributed by atoms with E-state index in [1.165, 1.54) is 31.7 Å². The van der Waals surface area contributed by atoms with E-state index in [1.807, 2.05) is 0 Å². The largest absolute Gasteiger partial charge is 0.435 e. The lowest BCUT2D eigenvalue weighted by Crippen LogP contribution is -2.18. The van der Waals surface area contributed by atoms with Crippen LogP contribution in [0.25, 0.3) is 0 Å². The number of nitrogens with one attached hydrogen (secondary N) is 1. The van der Waals surface area contributed by atoms with Gasteiger partial charge in [0.2, 0.25) is 0 Å². The Labute approximate surface area is 103 Å². The van der Waals surface area contributed by atoms with Gasteiger partial charge < -0.3 is 5.32 Å². The van der Waals surface area contributed by atoms with Crippen molar-refractivity contribution in [1.29, 1.82) is 0 Å². The topological polar surface area (TPSA) is 37.8 Å². The standard InChI is InChI=1S/C12H14F3N3/c13-12(14,15)9-3-4-10(18-17-9)16-7-11(5-6-11)8-1-2-8/h3-4,8H,1-2,5-7H2,(H,16,18).